The van der Waals surface area contributed by atoms with Gasteiger partial charge in [-0.25, -0.2) is 4.39 Å². The summed E-state index contributed by atoms with van der Waals surface area (Å²) in [4.78, 5) is 28.2. The number of carbonyl (C=O) groups excluding carboxylic acids is 2. The van der Waals surface area contributed by atoms with Crippen LogP contribution in [0, 0.1) is 12.7 Å². The van der Waals surface area contributed by atoms with Crippen molar-refractivity contribution in [3.05, 3.63) is 75.4 Å². The molecule has 0 radical (unpaired) electrons. The predicted octanol–water partition coefficient (Wildman–Crippen LogP) is 6.73. The van der Waals surface area contributed by atoms with Crippen LogP contribution in [0.4, 0.5) is 20.8 Å². The fourth-order valence-corrected chi connectivity index (χ4v) is 5.11. The van der Waals surface area contributed by atoms with Crippen molar-refractivity contribution in [2.45, 2.75) is 32.6 Å². The molecule has 1 fully saturated rings. The molecule has 0 unspecified atom stereocenters. The summed E-state index contributed by atoms with van der Waals surface area (Å²) >= 11 is 7.15. The molecule has 2 aromatic carbocycles. The second kappa shape index (κ2) is 10.4. The number of hydrogen-bond acceptors (Lipinski definition) is 4. The Balaban J connectivity index is 1.41. The van der Waals surface area contributed by atoms with Gasteiger partial charge in [0.2, 0.25) is 0 Å². The highest BCUT2D eigenvalue weighted by Crippen LogP contribution is 2.29. The molecule has 3 aromatic rings. The molecule has 1 saturated heterocycles. The Kier molecular flexibility index (Phi) is 7.30. The van der Waals surface area contributed by atoms with E-state index in [9.17, 15) is 14.0 Å². The number of hydrogen-bond donors (Lipinski definition) is 2. The molecule has 0 aliphatic carbocycles. The molecule has 2 heterocycles. The van der Waals surface area contributed by atoms with Crippen molar-refractivity contribution < 1.29 is 14.0 Å². The monoisotopic (exact) mass is 485 g/mol. The van der Waals surface area contributed by atoms with Crippen LogP contribution in [-0.4, -0.2) is 24.9 Å². The number of anilines is 3. The third-order valence-electron chi connectivity index (χ3n) is 5.63. The molecule has 1 aliphatic rings. The van der Waals surface area contributed by atoms with Crippen molar-refractivity contribution in [1.82, 2.24) is 0 Å². The number of aryl methyl sites for hydroxylation is 1. The maximum Gasteiger partial charge on any atom is 0.266 e. The Morgan fingerprint density at radius 3 is 2.30 bits per heavy atom. The van der Waals surface area contributed by atoms with Gasteiger partial charge >= 0.3 is 0 Å². The van der Waals surface area contributed by atoms with E-state index in [-0.39, 0.29) is 16.5 Å². The number of carbonyl (C=O) groups is 2. The van der Waals surface area contributed by atoms with Gasteiger partial charge in [0.05, 0.1) is 20.5 Å². The van der Waals surface area contributed by atoms with Crippen LogP contribution in [0.3, 0.4) is 0 Å². The molecule has 33 heavy (non-hydrogen) atoms. The van der Waals surface area contributed by atoms with Gasteiger partial charge in [0.25, 0.3) is 11.8 Å². The molecular weight excluding hydrogens is 461 g/mol. The van der Waals surface area contributed by atoms with Crippen LogP contribution >= 0.6 is 22.9 Å². The minimum atomic E-state index is -0.512. The third kappa shape index (κ3) is 5.72. The van der Waals surface area contributed by atoms with Gasteiger partial charge in [-0.1, -0.05) is 24.4 Å². The van der Waals surface area contributed by atoms with Gasteiger partial charge in [-0.05, 0) is 73.9 Å². The molecule has 0 saturated carbocycles. The van der Waals surface area contributed by atoms with Gasteiger partial charge in [0.15, 0.2) is 0 Å². The zero-order valence-corrected chi connectivity index (χ0v) is 19.9. The lowest BCUT2D eigenvalue weighted by Gasteiger charge is -2.22. The zero-order valence-electron chi connectivity index (χ0n) is 18.3. The van der Waals surface area contributed by atoms with Gasteiger partial charge in [-0.15, -0.1) is 11.3 Å². The fraction of sp³-hybridized carbons (Fsp3) is 0.280. The number of halogens is 2. The third-order valence-corrected chi connectivity index (χ3v) is 7.10. The second-order valence-electron chi connectivity index (χ2n) is 8.10. The number of amides is 2. The summed E-state index contributed by atoms with van der Waals surface area (Å²) in [6.45, 7) is 3.95. The molecule has 5 nitrogen and oxygen atoms in total. The largest absolute Gasteiger partial charge is 0.372 e. The lowest BCUT2D eigenvalue weighted by Crippen LogP contribution is -2.23. The van der Waals surface area contributed by atoms with Crippen molar-refractivity contribution in [3.8, 4) is 0 Å². The summed E-state index contributed by atoms with van der Waals surface area (Å²) < 4.78 is 13.2. The minimum absolute atomic E-state index is 0.0300. The lowest BCUT2D eigenvalue weighted by molar-refractivity contribution is 0.102. The highest BCUT2D eigenvalue weighted by atomic mass is 35.5. The van der Waals surface area contributed by atoms with E-state index in [2.05, 4.69) is 15.5 Å². The Bertz CT molecular complexity index is 1150. The molecule has 0 bridgehead atoms. The van der Waals surface area contributed by atoms with Crippen molar-refractivity contribution >= 4 is 51.1 Å². The average molecular weight is 486 g/mol. The number of nitrogens with one attached hydrogen (secondary N) is 2. The van der Waals surface area contributed by atoms with E-state index in [4.69, 9.17) is 11.6 Å². The molecule has 8 heteroatoms. The molecule has 0 atom stereocenters. The summed E-state index contributed by atoms with van der Waals surface area (Å²) in [5.41, 5.74) is 2.81. The van der Waals surface area contributed by atoms with E-state index in [1.54, 1.807) is 6.07 Å². The maximum atomic E-state index is 13.2. The topological polar surface area (TPSA) is 61.4 Å². The Morgan fingerprint density at radius 1 is 0.939 bits per heavy atom. The first-order valence-corrected chi connectivity index (χ1v) is 12.1. The maximum absolute atomic E-state index is 13.2. The smallest absolute Gasteiger partial charge is 0.266 e. The molecule has 172 valence electrons. The summed E-state index contributed by atoms with van der Waals surface area (Å²) in [5, 5.41) is 6.21. The van der Waals surface area contributed by atoms with Crippen LogP contribution in [-0.2, 0) is 0 Å². The van der Waals surface area contributed by atoms with Gasteiger partial charge in [-0.3, -0.25) is 9.59 Å². The van der Waals surface area contributed by atoms with Gasteiger partial charge in [0, 0.05) is 24.5 Å². The number of thiophene rings is 1. The van der Waals surface area contributed by atoms with Crippen molar-refractivity contribution in [1.29, 1.82) is 0 Å². The van der Waals surface area contributed by atoms with Crippen molar-refractivity contribution in [2.24, 2.45) is 0 Å². The summed E-state index contributed by atoms with van der Waals surface area (Å²) in [6, 6.07) is 13.2. The first-order valence-electron chi connectivity index (χ1n) is 10.9. The van der Waals surface area contributed by atoms with E-state index in [0.29, 0.717) is 9.88 Å². The van der Waals surface area contributed by atoms with E-state index in [1.165, 1.54) is 54.8 Å². The van der Waals surface area contributed by atoms with Crippen LogP contribution in [0.25, 0.3) is 0 Å². The first kappa shape index (κ1) is 23.3. The van der Waals surface area contributed by atoms with E-state index in [0.717, 1.165) is 30.4 Å². The Morgan fingerprint density at radius 2 is 1.64 bits per heavy atom. The number of rotatable bonds is 5. The van der Waals surface area contributed by atoms with Gasteiger partial charge in [-0.2, -0.15) is 0 Å². The molecule has 2 N–H and O–H groups in total. The van der Waals surface area contributed by atoms with E-state index < -0.39 is 11.7 Å². The highest BCUT2D eigenvalue weighted by Gasteiger charge is 2.18. The lowest BCUT2D eigenvalue weighted by atomic mass is 10.2. The Hall–Kier alpha value is -2.90. The summed E-state index contributed by atoms with van der Waals surface area (Å²) in [5.74, 6) is -1.21. The van der Waals surface area contributed by atoms with Crippen LogP contribution in [0.1, 0.15) is 51.3 Å². The van der Waals surface area contributed by atoms with Crippen LogP contribution in [0.5, 0.6) is 0 Å². The molecule has 1 aliphatic heterocycles. The molecular formula is C25H25ClFN3O2S. The normalized spacial score (nSPS) is 14.0. The highest BCUT2D eigenvalue weighted by molar-refractivity contribution is 7.18. The van der Waals surface area contributed by atoms with Gasteiger partial charge in [0.1, 0.15) is 5.82 Å². The SMILES string of the molecule is Cc1cc(NC(=O)c2ccc(F)cc2Cl)sc1C(=O)Nc1ccc(N2CCCCCC2)cc1. The predicted molar refractivity (Wildman–Crippen MR) is 133 cm³/mol. The first-order chi connectivity index (χ1) is 15.9. The number of nitrogens with zero attached hydrogens (tertiary/aromatic N) is 1. The standard InChI is InChI=1S/C25H25ClFN3O2S/c1-16-14-22(29-24(31)20-11-6-17(27)15-21(20)26)33-23(16)25(32)28-18-7-9-19(10-8-18)30-12-4-2-3-5-13-30/h6-11,14-15H,2-5,12-13H2,1H3,(H,28,32)(H,29,31). The van der Waals surface area contributed by atoms with E-state index >= 15 is 0 Å². The quantitative estimate of drug-likeness (QED) is 0.421. The van der Waals surface area contributed by atoms with Crippen LogP contribution < -0.4 is 15.5 Å². The molecule has 1 aromatic heterocycles. The average Bonchev–Trinajstić information content (AvgIpc) is 2.97. The zero-order chi connectivity index (χ0) is 23.4. The fourth-order valence-electron chi connectivity index (χ4n) is 3.89. The summed E-state index contributed by atoms with van der Waals surface area (Å²) in [6.07, 6.45) is 4.99. The minimum Gasteiger partial charge on any atom is -0.372 e. The Labute approximate surface area is 201 Å². The molecule has 4 rings (SSSR count). The molecule has 0 spiro atoms. The van der Waals surface area contributed by atoms with Crippen LogP contribution in [0.15, 0.2) is 48.5 Å². The molecule has 2 amide bonds. The second-order valence-corrected chi connectivity index (χ2v) is 9.56. The number of benzene rings is 2. The van der Waals surface area contributed by atoms with Gasteiger partial charge < -0.3 is 15.5 Å². The van der Waals surface area contributed by atoms with E-state index in [1.807, 2.05) is 31.2 Å². The van der Waals surface area contributed by atoms with Crippen molar-refractivity contribution in [3.63, 3.8) is 0 Å². The van der Waals surface area contributed by atoms with Crippen LogP contribution in [0.2, 0.25) is 5.02 Å². The van der Waals surface area contributed by atoms with Crippen molar-refractivity contribution in [2.75, 3.05) is 28.6 Å². The summed E-state index contributed by atoms with van der Waals surface area (Å²) in [7, 11) is 0.